The number of halogens is 2. The van der Waals surface area contributed by atoms with Crippen molar-refractivity contribution in [1.82, 2.24) is 20.2 Å². The smallest absolute Gasteiger partial charge is 0.283 e. The second-order valence-corrected chi connectivity index (χ2v) is 8.69. The number of nitriles is 1. The third-order valence-corrected chi connectivity index (χ3v) is 6.14. The highest BCUT2D eigenvalue weighted by atomic mass is 35.5. The molecule has 6 nitrogen and oxygen atoms in total. The fourth-order valence-corrected chi connectivity index (χ4v) is 4.44. The number of nitrogens with zero attached hydrogens (tertiary/aromatic N) is 4. The van der Waals surface area contributed by atoms with Crippen LogP contribution in [-0.2, 0) is 6.42 Å². The Labute approximate surface area is 197 Å². The quantitative estimate of drug-likeness (QED) is 0.548. The number of amides is 1. The summed E-state index contributed by atoms with van der Waals surface area (Å²) in [5.74, 6) is -0.240. The second kappa shape index (κ2) is 9.74. The summed E-state index contributed by atoms with van der Waals surface area (Å²) in [7, 11) is 0. The van der Waals surface area contributed by atoms with Crippen LogP contribution in [0.15, 0.2) is 42.5 Å². The van der Waals surface area contributed by atoms with Gasteiger partial charge in [0.25, 0.3) is 5.91 Å². The average Bonchev–Trinajstić information content (AvgIpc) is 3.12. The van der Waals surface area contributed by atoms with E-state index in [2.05, 4.69) is 16.6 Å². The molecule has 1 fully saturated rings. The van der Waals surface area contributed by atoms with Gasteiger partial charge in [-0.1, -0.05) is 53.9 Å². The van der Waals surface area contributed by atoms with E-state index in [1.165, 1.54) is 6.42 Å². The van der Waals surface area contributed by atoms with E-state index in [0.717, 1.165) is 48.3 Å². The third kappa shape index (κ3) is 4.66. The summed E-state index contributed by atoms with van der Waals surface area (Å²) in [5.41, 5.74) is 7.29. The van der Waals surface area contributed by atoms with Gasteiger partial charge in [0.15, 0.2) is 5.69 Å². The lowest BCUT2D eigenvalue weighted by atomic mass is 10.0. The van der Waals surface area contributed by atoms with Crippen molar-refractivity contribution >= 4 is 29.1 Å². The molecule has 32 heavy (non-hydrogen) atoms. The molecule has 0 bridgehead atoms. The molecule has 0 unspecified atom stereocenters. The number of hydrogen-bond donors (Lipinski definition) is 1. The number of hydrogen-bond acceptors (Lipinski definition) is 4. The molecule has 1 aromatic heterocycles. The predicted molar refractivity (Wildman–Crippen MR) is 126 cm³/mol. The summed E-state index contributed by atoms with van der Waals surface area (Å²) in [6, 6.07) is 15.0. The standard InChI is InChI=1S/C24H23Cl2N5O/c1-16-22(24(32)29-30-13-3-2-4-14-30)28-31(21-10-9-19(25)15-20(21)26)23(16)18-7-5-17(6-8-18)11-12-27/h5-10,15H,2-4,11,13-14H2,1H3,(H,29,32). The van der Waals surface area contributed by atoms with Crippen LogP contribution in [0.5, 0.6) is 0 Å². The third-order valence-electron chi connectivity index (χ3n) is 5.60. The fourth-order valence-electron chi connectivity index (χ4n) is 3.95. The van der Waals surface area contributed by atoms with Crippen molar-refractivity contribution in [2.24, 2.45) is 0 Å². The van der Waals surface area contributed by atoms with Gasteiger partial charge in [-0.2, -0.15) is 10.4 Å². The molecule has 1 saturated heterocycles. The summed E-state index contributed by atoms with van der Waals surface area (Å²) in [4.78, 5) is 13.1. The maximum Gasteiger partial charge on any atom is 0.286 e. The molecular formula is C24H23Cl2N5O. The largest absolute Gasteiger partial charge is 0.286 e. The summed E-state index contributed by atoms with van der Waals surface area (Å²) in [6.07, 6.45) is 3.65. The first kappa shape index (κ1) is 22.3. The van der Waals surface area contributed by atoms with Crippen LogP contribution in [0.1, 0.15) is 40.9 Å². The van der Waals surface area contributed by atoms with E-state index in [4.69, 9.17) is 28.5 Å². The number of aromatic nitrogens is 2. The molecule has 3 aromatic rings. The van der Waals surface area contributed by atoms with E-state index in [1.807, 2.05) is 36.2 Å². The lowest BCUT2D eigenvalue weighted by molar-refractivity contribution is 0.0743. The Morgan fingerprint density at radius 3 is 2.50 bits per heavy atom. The van der Waals surface area contributed by atoms with Crippen molar-refractivity contribution < 1.29 is 4.79 Å². The van der Waals surface area contributed by atoms with Crippen molar-refractivity contribution in [3.05, 3.63) is 69.3 Å². The van der Waals surface area contributed by atoms with Crippen LogP contribution in [0.25, 0.3) is 16.9 Å². The summed E-state index contributed by atoms with van der Waals surface area (Å²) in [6.45, 7) is 3.56. The van der Waals surface area contributed by atoms with Crippen LogP contribution in [0.2, 0.25) is 10.0 Å². The number of hydrazine groups is 1. The average molecular weight is 468 g/mol. The highest BCUT2D eigenvalue weighted by Crippen LogP contribution is 2.33. The Hall–Kier alpha value is -2.85. The molecule has 1 aliphatic rings. The molecule has 1 N–H and O–H groups in total. The molecule has 0 saturated carbocycles. The van der Waals surface area contributed by atoms with Gasteiger partial charge >= 0.3 is 0 Å². The maximum atomic E-state index is 13.1. The van der Waals surface area contributed by atoms with Gasteiger partial charge in [-0.05, 0) is 43.5 Å². The summed E-state index contributed by atoms with van der Waals surface area (Å²) in [5, 5.41) is 16.5. The summed E-state index contributed by atoms with van der Waals surface area (Å²) >= 11 is 12.6. The van der Waals surface area contributed by atoms with Crippen LogP contribution in [-0.4, -0.2) is 33.8 Å². The van der Waals surface area contributed by atoms with E-state index in [1.54, 1.807) is 22.9 Å². The van der Waals surface area contributed by atoms with Crippen molar-refractivity contribution in [2.75, 3.05) is 13.1 Å². The molecule has 164 valence electrons. The van der Waals surface area contributed by atoms with Gasteiger partial charge in [0, 0.05) is 29.2 Å². The molecule has 1 amide bonds. The molecule has 1 aliphatic heterocycles. The number of carbonyl (C=O) groups excluding carboxylic acids is 1. The molecule has 0 radical (unpaired) electrons. The first-order chi connectivity index (χ1) is 15.5. The molecular weight excluding hydrogens is 445 g/mol. The highest BCUT2D eigenvalue weighted by molar-refractivity contribution is 6.35. The molecule has 2 aromatic carbocycles. The maximum absolute atomic E-state index is 13.1. The number of rotatable bonds is 5. The van der Waals surface area contributed by atoms with E-state index >= 15 is 0 Å². The normalized spacial score (nSPS) is 14.2. The molecule has 0 spiro atoms. The minimum atomic E-state index is -0.240. The Kier molecular flexibility index (Phi) is 6.80. The van der Waals surface area contributed by atoms with Crippen LogP contribution in [0.3, 0.4) is 0 Å². The van der Waals surface area contributed by atoms with Crippen LogP contribution in [0, 0.1) is 18.3 Å². The molecule has 2 heterocycles. The van der Waals surface area contributed by atoms with Gasteiger partial charge in [0.2, 0.25) is 0 Å². The van der Waals surface area contributed by atoms with Crippen LogP contribution in [0.4, 0.5) is 0 Å². The van der Waals surface area contributed by atoms with Gasteiger partial charge in [-0.3, -0.25) is 10.2 Å². The predicted octanol–water partition coefficient (Wildman–Crippen LogP) is 5.35. The van der Waals surface area contributed by atoms with E-state index in [9.17, 15) is 4.79 Å². The van der Waals surface area contributed by atoms with E-state index in [-0.39, 0.29) is 5.91 Å². The van der Waals surface area contributed by atoms with Crippen molar-refractivity contribution in [1.29, 1.82) is 5.26 Å². The zero-order chi connectivity index (χ0) is 22.7. The minimum absolute atomic E-state index is 0.240. The Morgan fingerprint density at radius 2 is 1.84 bits per heavy atom. The zero-order valence-corrected chi connectivity index (χ0v) is 19.2. The Balaban J connectivity index is 1.79. The first-order valence-corrected chi connectivity index (χ1v) is 11.3. The van der Waals surface area contributed by atoms with E-state index < -0.39 is 0 Å². The van der Waals surface area contributed by atoms with E-state index in [0.29, 0.717) is 27.8 Å². The minimum Gasteiger partial charge on any atom is -0.283 e. The Bertz CT molecular complexity index is 1170. The highest BCUT2D eigenvalue weighted by Gasteiger charge is 2.24. The van der Waals surface area contributed by atoms with Crippen molar-refractivity contribution in [3.63, 3.8) is 0 Å². The topological polar surface area (TPSA) is 74.0 Å². The van der Waals surface area contributed by atoms with Gasteiger partial charge in [0.1, 0.15) is 0 Å². The van der Waals surface area contributed by atoms with Crippen LogP contribution >= 0.6 is 23.2 Å². The number of piperidine rings is 1. The number of nitrogens with one attached hydrogen (secondary N) is 1. The molecule has 8 heteroatoms. The fraction of sp³-hybridized carbons (Fsp3) is 0.292. The SMILES string of the molecule is Cc1c(C(=O)NN2CCCCC2)nn(-c2ccc(Cl)cc2Cl)c1-c1ccc(CC#N)cc1. The number of benzene rings is 2. The first-order valence-electron chi connectivity index (χ1n) is 10.5. The summed E-state index contributed by atoms with van der Waals surface area (Å²) < 4.78 is 1.69. The van der Waals surface area contributed by atoms with Gasteiger partial charge in [-0.25, -0.2) is 9.69 Å². The van der Waals surface area contributed by atoms with Crippen molar-refractivity contribution in [2.45, 2.75) is 32.6 Å². The lowest BCUT2D eigenvalue weighted by Gasteiger charge is -2.26. The molecule has 4 rings (SSSR count). The van der Waals surface area contributed by atoms with Gasteiger partial charge in [-0.15, -0.1) is 0 Å². The lowest BCUT2D eigenvalue weighted by Crippen LogP contribution is -2.45. The monoisotopic (exact) mass is 467 g/mol. The number of carbonyl (C=O) groups is 1. The van der Waals surface area contributed by atoms with Crippen molar-refractivity contribution in [3.8, 4) is 23.0 Å². The van der Waals surface area contributed by atoms with Gasteiger partial charge < -0.3 is 0 Å². The van der Waals surface area contributed by atoms with Gasteiger partial charge in [0.05, 0.1) is 28.9 Å². The molecule has 0 aliphatic carbocycles. The zero-order valence-electron chi connectivity index (χ0n) is 17.7. The van der Waals surface area contributed by atoms with Crippen LogP contribution < -0.4 is 5.43 Å². The Morgan fingerprint density at radius 1 is 1.12 bits per heavy atom. The second-order valence-electron chi connectivity index (χ2n) is 7.85. The molecule has 0 atom stereocenters.